The topological polar surface area (TPSA) is 83.5 Å². The van der Waals surface area contributed by atoms with E-state index in [-0.39, 0.29) is 11.3 Å². The largest absolute Gasteiger partial charge is 0.478 e. The summed E-state index contributed by atoms with van der Waals surface area (Å²) in [5.74, 6) is -1.25. The number of carbonyl (C=O) groups is 1. The third-order valence-corrected chi connectivity index (χ3v) is 4.88. The van der Waals surface area contributed by atoms with Crippen LogP contribution in [0.25, 0.3) is 0 Å². The summed E-state index contributed by atoms with van der Waals surface area (Å²) < 4.78 is 27.5. The predicted molar refractivity (Wildman–Crippen MR) is 88.8 cm³/mol. The second-order valence-electron chi connectivity index (χ2n) is 4.34. The molecule has 2 rings (SSSR count). The molecule has 2 aromatic carbocycles. The summed E-state index contributed by atoms with van der Waals surface area (Å²) in [6.07, 6.45) is 0. The van der Waals surface area contributed by atoms with Gasteiger partial charge in [-0.1, -0.05) is 24.3 Å². The molecule has 0 saturated carbocycles. The molecule has 21 heavy (non-hydrogen) atoms. The SMILES string of the molecule is O=C(O)c1ccc(CS(=O)(=O)Nc2ccccc2I)cc1. The maximum Gasteiger partial charge on any atom is 0.335 e. The molecule has 0 aromatic heterocycles. The lowest BCUT2D eigenvalue weighted by atomic mass is 10.1. The van der Waals surface area contributed by atoms with E-state index in [1.807, 2.05) is 6.07 Å². The molecule has 0 saturated heterocycles. The van der Waals surface area contributed by atoms with Gasteiger partial charge in [-0.05, 0) is 52.4 Å². The van der Waals surface area contributed by atoms with Crippen LogP contribution in [0.5, 0.6) is 0 Å². The minimum atomic E-state index is -3.55. The van der Waals surface area contributed by atoms with Gasteiger partial charge in [0.15, 0.2) is 0 Å². The molecule has 0 aliphatic carbocycles. The lowest BCUT2D eigenvalue weighted by Crippen LogP contribution is -2.15. The number of sulfonamides is 1. The van der Waals surface area contributed by atoms with Crippen LogP contribution in [0.1, 0.15) is 15.9 Å². The van der Waals surface area contributed by atoms with Crippen molar-refractivity contribution >= 4 is 44.3 Å². The van der Waals surface area contributed by atoms with Gasteiger partial charge in [0.05, 0.1) is 17.0 Å². The van der Waals surface area contributed by atoms with Crippen molar-refractivity contribution in [3.05, 3.63) is 63.2 Å². The van der Waals surface area contributed by atoms with Crippen molar-refractivity contribution in [2.45, 2.75) is 5.75 Å². The third-order valence-electron chi connectivity index (χ3n) is 2.70. The molecule has 110 valence electrons. The molecule has 0 bridgehead atoms. The number of rotatable bonds is 5. The van der Waals surface area contributed by atoms with Crippen molar-refractivity contribution in [1.29, 1.82) is 0 Å². The second kappa shape index (κ2) is 6.44. The lowest BCUT2D eigenvalue weighted by Gasteiger charge is -2.09. The Bertz CT molecular complexity index is 757. The Labute approximate surface area is 136 Å². The number of hydrogen-bond acceptors (Lipinski definition) is 3. The summed E-state index contributed by atoms with van der Waals surface area (Å²) >= 11 is 2.05. The zero-order chi connectivity index (χ0) is 15.5. The van der Waals surface area contributed by atoms with E-state index >= 15 is 0 Å². The van der Waals surface area contributed by atoms with E-state index in [9.17, 15) is 13.2 Å². The van der Waals surface area contributed by atoms with Crippen LogP contribution in [0.3, 0.4) is 0 Å². The highest BCUT2D eigenvalue weighted by molar-refractivity contribution is 14.1. The number of halogens is 1. The highest BCUT2D eigenvalue weighted by atomic mass is 127. The van der Waals surface area contributed by atoms with Gasteiger partial charge < -0.3 is 5.11 Å². The highest BCUT2D eigenvalue weighted by Crippen LogP contribution is 2.19. The molecular formula is C14H12INO4S. The predicted octanol–water partition coefficient (Wildman–Crippen LogP) is 2.93. The minimum Gasteiger partial charge on any atom is -0.478 e. The average Bonchev–Trinajstić information content (AvgIpc) is 2.41. The zero-order valence-electron chi connectivity index (χ0n) is 10.8. The Morgan fingerprint density at radius 1 is 1.10 bits per heavy atom. The van der Waals surface area contributed by atoms with E-state index in [4.69, 9.17) is 5.11 Å². The molecule has 0 unspecified atom stereocenters. The van der Waals surface area contributed by atoms with Crippen LogP contribution in [0.15, 0.2) is 48.5 Å². The molecule has 0 atom stereocenters. The van der Waals surface area contributed by atoms with Crippen LogP contribution in [0.2, 0.25) is 0 Å². The van der Waals surface area contributed by atoms with Gasteiger partial charge in [0.2, 0.25) is 10.0 Å². The van der Waals surface area contributed by atoms with E-state index in [1.54, 1.807) is 18.2 Å². The first-order valence-corrected chi connectivity index (χ1v) is 8.68. The molecule has 7 heteroatoms. The zero-order valence-corrected chi connectivity index (χ0v) is 13.8. The van der Waals surface area contributed by atoms with Crippen LogP contribution in [0, 0.1) is 3.57 Å². The first-order chi connectivity index (χ1) is 9.87. The van der Waals surface area contributed by atoms with E-state index in [0.717, 1.165) is 3.57 Å². The summed E-state index contributed by atoms with van der Waals surface area (Å²) in [4.78, 5) is 10.7. The molecule has 0 heterocycles. The van der Waals surface area contributed by atoms with Crippen LogP contribution in [-0.4, -0.2) is 19.5 Å². The lowest BCUT2D eigenvalue weighted by molar-refractivity contribution is 0.0697. The van der Waals surface area contributed by atoms with E-state index in [0.29, 0.717) is 11.3 Å². The van der Waals surface area contributed by atoms with Crippen molar-refractivity contribution in [3.63, 3.8) is 0 Å². The van der Waals surface area contributed by atoms with Gasteiger partial charge in [0, 0.05) is 3.57 Å². The normalized spacial score (nSPS) is 11.1. The number of para-hydroxylation sites is 1. The quantitative estimate of drug-likeness (QED) is 0.733. The van der Waals surface area contributed by atoms with Gasteiger partial charge in [-0.3, -0.25) is 4.72 Å². The van der Waals surface area contributed by atoms with Crippen LogP contribution in [-0.2, 0) is 15.8 Å². The van der Waals surface area contributed by atoms with Crippen LogP contribution >= 0.6 is 22.6 Å². The molecule has 2 N–H and O–H groups in total. The number of carboxylic acids is 1. The Morgan fingerprint density at radius 2 is 1.71 bits per heavy atom. The van der Waals surface area contributed by atoms with Gasteiger partial charge in [-0.25, -0.2) is 13.2 Å². The monoisotopic (exact) mass is 417 g/mol. The molecule has 0 radical (unpaired) electrons. The van der Waals surface area contributed by atoms with Gasteiger partial charge in [-0.15, -0.1) is 0 Å². The Morgan fingerprint density at radius 3 is 2.29 bits per heavy atom. The van der Waals surface area contributed by atoms with E-state index in [1.165, 1.54) is 24.3 Å². The second-order valence-corrected chi connectivity index (χ2v) is 7.23. The molecular weight excluding hydrogens is 405 g/mol. The van der Waals surface area contributed by atoms with E-state index < -0.39 is 16.0 Å². The number of aromatic carboxylic acids is 1. The van der Waals surface area contributed by atoms with Crippen LogP contribution < -0.4 is 4.72 Å². The molecule has 5 nitrogen and oxygen atoms in total. The van der Waals surface area contributed by atoms with Crippen molar-refractivity contribution in [3.8, 4) is 0 Å². The minimum absolute atomic E-state index is 0.127. The van der Waals surface area contributed by atoms with Crippen molar-refractivity contribution in [2.24, 2.45) is 0 Å². The summed E-state index contributed by atoms with van der Waals surface area (Å²) in [6.45, 7) is 0. The van der Waals surface area contributed by atoms with Gasteiger partial charge in [0.1, 0.15) is 0 Å². The highest BCUT2D eigenvalue weighted by Gasteiger charge is 2.13. The smallest absolute Gasteiger partial charge is 0.335 e. The standard InChI is InChI=1S/C14H12INO4S/c15-12-3-1-2-4-13(12)16-21(19,20)9-10-5-7-11(8-6-10)14(17)18/h1-8,16H,9H2,(H,17,18). The fourth-order valence-corrected chi connectivity index (χ4v) is 3.63. The van der Waals surface area contributed by atoms with Gasteiger partial charge >= 0.3 is 5.97 Å². The molecule has 0 amide bonds. The van der Waals surface area contributed by atoms with Crippen LogP contribution in [0.4, 0.5) is 5.69 Å². The van der Waals surface area contributed by atoms with Gasteiger partial charge in [0.25, 0.3) is 0 Å². The van der Waals surface area contributed by atoms with Crippen molar-refractivity contribution in [2.75, 3.05) is 4.72 Å². The molecule has 0 spiro atoms. The summed E-state index contributed by atoms with van der Waals surface area (Å²) in [6, 6.07) is 12.8. The average molecular weight is 417 g/mol. The van der Waals surface area contributed by atoms with Crippen molar-refractivity contribution in [1.82, 2.24) is 0 Å². The maximum atomic E-state index is 12.1. The summed E-state index contributed by atoms with van der Waals surface area (Å²) in [5.41, 5.74) is 1.18. The van der Waals surface area contributed by atoms with Crippen molar-refractivity contribution < 1.29 is 18.3 Å². The maximum absolute atomic E-state index is 12.1. The number of carboxylic acid groups (broad SMARTS) is 1. The summed E-state index contributed by atoms with van der Waals surface area (Å²) in [7, 11) is -3.55. The number of benzene rings is 2. The van der Waals surface area contributed by atoms with Gasteiger partial charge in [-0.2, -0.15) is 0 Å². The fourth-order valence-electron chi connectivity index (χ4n) is 1.71. The van der Waals surface area contributed by atoms with E-state index in [2.05, 4.69) is 27.3 Å². The number of hydrogen-bond donors (Lipinski definition) is 2. The Hall–Kier alpha value is -1.61. The Kier molecular flexibility index (Phi) is 4.84. The Balaban J connectivity index is 2.14. The third kappa shape index (κ3) is 4.43. The molecule has 0 fully saturated rings. The fraction of sp³-hybridized carbons (Fsp3) is 0.0714. The first-order valence-electron chi connectivity index (χ1n) is 5.95. The molecule has 0 aliphatic heterocycles. The number of nitrogens with one attached hydrogen (secondary N) is 1. The summed E-state index contributed by atoms with van der Waals surface area (Å²) in [5, 5.41) is 8.80. The molecule has 2 aromatic rings. The number of anilines is 1. The molecule has 0 aliphatic rings. The first kappa shape index (κ1) is 15.8.